The van der Waals surface area contributed by atoms with Crippen LogP contribution in [0.3, 0.4) is 0 Å². The van der Waals surface area contributed by atoms with Crippen molar-refractivity contribution < 1.29 is 9.90 Å². The maximum Gasteiger partial charge on any atom is 0.264 e. The molecule has 0 spiro atoms. The van der Waals surface area contributed by atoms with Crippen LogP contribution in [0.15, 0.2) is 48.0 Å². The summed E-state index contributed by atoms with van der Waals surface area (Å²) in [6.07, 6.45) is 4.12. The Balaban J connectivity index is 1.47. The van der Waals surface area contributed by atoms with E-state index in [1.807, 2.05) is 48.0 Å². The Hall–Kier alpha value is -2.22. The molecule has 1 saturated heterocycles. The first-order valence-corrected chi connectivity index (χ1v) is 11.1. The average molecular weight is 429 g/mol. The largest absolute Gasteiger partial charge is 0.389 e. The second-order valence-corrected chi connectivity index (χ2v) is 9.15. The molecule has 0 bridgehead atoms. The van der Waals surface area contributed by atoms with Gasteiger partial charge < -0.3 is 10.0 Å². The fourth-order valence-electron chi connectivity index (χ4n) is 4.03. The zero-order valence-corrected chi connectivity index (χ0v) is 17.3. The number of aromatic nitrogens is 3. The van der Waals surface area contributed by atoms with Crippen LogP contribution < -0.4 is 0 Å². The fourth-order valence-corrected chi connectivity index (χ4v) is 4.84. The number of hydrogen-bond donors (Lipinski definition) is 1. The molecule has 1 N–H and O–H groups in total. The van der Waals surface area contributed by atoms with Crippen LogP contribution in [-0.2, 0) is 0 Å². The third-order valence-corrected chi connectivity index (χ3v) is 6.89. The SMILES string of the molecule is O=C(c1cccs1)N1C[C@@H](O)[C@H](n2cc(C3CC3)nn2)C[C@@H]1c1ccc(Cl)cc1. The summed E-state index contributed by atoms with van der Waals surface area (Å²) in [6.45, 7) is 0.243. The molecule has 6 nitrogen and oxygen atoms in total. The van der Waals surface area contributed by atoms with E-state index in [-0.39, 0.29) is 24.5 Å². The molecule has 0 unspecified atom stereocenters. The number of carbonyl (C=O) groups is 1. The normalized spacial score (nSPS) is 24.6. The van der Waals surface area contributed by atoms with Gasteiger partial charge in [-0.05, 0) is 48.4 Å². The molecule has 1 aliphatic heterocycles. The monoisotopic (exact) mass is 428 g/mol. The van der Waals surface area contributed by atoms with Gasteiger partial charge in [0.1, 0.15) is 0 Å². The molecule has 2 aliphatic rings. The Morgan fingerprint density at radius 1 is 1.21 bits per heavy atom. The van der Waals surface area contributed by atoms with Crippen molar-refractivity contribution in [1.29, 1.82) is 0 Å². The van der Waals surface area contributed by atoms with Crippen LogP contribution in [0.4, 0.5) is 0 Å². The lowest BCUT2D eigenvalue weighted by Gasteiger charge is -2.42. The number of hydrogen-bond acceptors (Lipinski definition) is 5. The quantitative estimate of drug-likeness (QED) is 0.680. The molecule has 1 aliphatic carbocycles. The van der Waals surface area contributed by atoms with Crippen molar-refractivity contribution in [3.8, 4) is 0 Å². The number of thiophene rings is 1. The van der Waals surface area contributed by atoms with E-state index in [0.717, 1.165) is 24.1 Å². The maximum atomic E-state index is 13.2. The van der Waals surface area contributed by atoms with Crippen molar-refractivity contribution in [2.75, 3.05) is 6.54 Å². The third kappa shape index (κ3) is 3.70. The lowest BCUT2D eigenvalue weighted by molar-refractivity contribution is -0.00384. The summed E-state index contributed by atoms with van der Waals surface area (Å²) in [5, 5.41) is 22.1. The Bertz CT molecular complexity index is 1000. The molecule has 2 fully saturated rings. The number of halogens is 1. The first kappa shape index (κ1) is 18.8. The van der Waals surface area contributed by atoms with Crippen LogP contribution in [-0.4, -0.2) is 43.6 Å². The molecule has 2 aromatic heterocycles. The van der Waals surface area contributed by atoms with Gasteiger partial charge in [0.2, 0.25) is 0 Å². The summed E-state index contributed by atoms with van der Waals surface area (Å²) in [4.78, 5) is 15.6. The number of benzene rings is 1. The van der Waals surface area contributed by atoms with E-state index < -0.39 is 6.10 Å². The van der Waals surface area contributed by atoms with Gasteiger partial charge in [-0.25, -0.2) is 4.68 Å². The van der Waals surface area contributed by atoms with Gasteiger partial charge in [-0.2, -0.15) is 0 Å². The zero-order chi connectivity index (χ0) is 20.0. The van der Waals surface area contributed by atoms with E-state index in [2.05, 4.69) is 10.3 Å². The van der Waals surface area contributed by atoms with Gasteiger partial charge in [0.15, 0.2) is 0 Å². The number of amides is 1. The van der Waals surface area contributed by atoms with Crippen LogP contribution in [0.2, 0.25) is 5.02 Å². The number of β-amino-alcohol motifs (C(OH)–C–C–N with tert-alkyl or cyclic N) is 1. The van der Waals surface area contributed by atoms with Crippen molar-refractivity contribution >= 4 is 28.8 Å². The number of rotatable bonds is 4. The smallest absolute Gasteiger partial charge is 0.264 e. The van der Waals surface area contributed by atoms with E-state index in [9.17, 15) is 9.90 Å². The standard InChI is InChI=1S/C21H21ClN4O2S/c22-15-7-5-14(6-8-15)17-10-18(26-11-16(23-24-26)13-3-4-13)19(27)12-25(17)21(28)20-2-1-9-29-20/h1-2,5-9,11,13,17-19,27H,3-4,10,12H2/t17-,18-,19-/m1/s1. The van der Waals surface area contributed by atoms with Gasteiger partial charge in [-0.15, -0.1) is 16.4 Å². The first-order valence-electron chi connectivity index (χ1n) is 9.80. The number of aliphatic hydroxyl groups excluding tert-OH is 1. The van der Waals surface area contributed by atoms with Gasteiger partial charge in [-0.1, -0.05) is 35.0 Å². The predicted octanol–water partition coefficient (Wildman–Crippen LogP) is 4.06. The Morgan fingerprint density at radius 2 is 2.00 bits per heavy atom. The molecule has 3 aromatic rings. The molecule has 3 heterocycles. The predicted molar refractivity (Wildman–Crippen MR) is 111 cm³/mol. The minimum Gasteiger partial charge on any atom is -0.389 e. The number of nitrogens with zero attached hydrogens (tertiary/aromatic N) is 4. The highest BCUT2D eigenvalue weighted by Gasteiger charge is 2.40. The fraction of sp³-hybridized carbons (Fsp3) is 0.381. The van der Waals surface area contributed by atoms with E-state index in [1.165, 1.54) is 11.3 Å². The molecule has 150 valence electrons. The van der Waals surface area contributed by atoms with Gasteiger partial charge in [-0.3, -0.25) is 4.79 Å². The van der Waals surface area contributed by atoms with Crippen LogP contribution in [0.5, 0.6) is 0 Å². The molecule has 8 heteroatoms. The number of carbonyl (C=O) groups excluding carboxylic acids is 1. The molecular weight excluding hydrogens is 408 g/mol. The van der Waals surface area contributed by atoms with Crippen molar-refractivity contribution in [3.63, 3.8) is 0 Å². The molecule has 29 heavy (non-hydrogen) atoms. The number of piperidine rings is 1. The zero-order valence-electron chi connectivity index (χ0n) is 15.7. The molecule has 1 aromatic carbocycles. The molecule has 5 rings (SSSR count). The molecule has 0 radical (unpaired) electrons. The van der Waals surface area contributed by atoms with Gasteiger partial charge in [0, 0.05) is 23.7 Å². The number of likely N-dealkylation sites (tertiary alicyclic amines) is 1. The summed E-state index contributed by atoms with van der Waals surface area (Å²) >= 11 is 7.49. The Kier molecular flexibility index (Phi) is 4.89. The maximum absolute atomic E-state index is 13.2. The van der Waals surface area contributed by atoms with Crippen LogP contribution in [0.1, 0.15) is 58.2 Å². The first-order chi connectivity index (χ1) is 14.1. The Labute approximate surface area is 177 Å². The van der Waals surface area contributed by atoms with Gasteiger partial charge >= 0.3 is 0 Å². The van der Waals surface area contributed by atoms with Crippen LogP contribution in [0, 0.1) is 0 Å². The topological polar surface area (TPSA) is 71.2 Å². The summed E-state index contributed by atoms with van der Waals surface area (Å²) in [6, 6.07) is 10.9. The van der Waals surface area contributed by atoms with E-state index in [0.29, 0.717) is 22.2 Å². The van der Waals surface area contributed by atoms with E-state index in [1.54, 1.807) is 9.58 Å². The second-order valence-electron chi connectivity index (χ2n) is 7.77. The molecular formula is C21H21ClN4O2S. The van der Waals surface area contributed by atoms with Crippen LogP contribution >= 0.6 is 22.9 Å². The molecule has 1 saturated carbocycles. The Morgan fingerprint density at radius 3 is 2.69 bits per heavy atom. The van der Waals surface area contributed by atoms with Gasteiger partial charge in [0.05, 0.1) is 28.8 Å². The van der Waals surface area contributed by atoms with E-state index in [4.69, 9.17) is 11.6 Å². The highest BCUT2D eigenvalue weighted by atomic mass is 35.5. The van der Waals surface area contributed by atoms with Crippen molar-refractivity contribution in [1.82, 2.24) is 19.9 Å². The minimum atomic E-state index is -0.712. The third-order valence-electron chi connectivity index (χ3n) is 5.78. The van der Waals surface area contributed by atoms with Crippen molar-refractivity contribution in [3.05, 3.63) is 69.1 Å². The lowest BCUT2D eigenvalue weighted by atomic mass is 9.90. The lowest BCUT2D eigenvalue weighted by Crippen LogP contribution is -2.49. The number of aliphatic hydroxyl groups is 1. The second kappa shape index (κ2) is 7.55. The molecule has 3 atom stereocenters. The van der Waals surface area contributed by atoms with E-state index >= 15 is 0 Å². The highest BCUT2D eigenvalue weighted by molar-refractivity contribution is 7.12. The van der Waals surface area contributed by atoms with Crippen molar-refractivity contribution in [2.24, 2.45) is 0 Å². The summed E-state index contributed by atoms with van der Waals surface area (Å²) in [5.41, 5.74) is 2.00. The summed E-state index contributed by atoms with van der Waals surface area (Å²) in [7, 11) is 0. The van der Waals surface area contributed by atoms with Crippen LogP contribution in [0.25, 0.3) is 0 Å². The molecule has 1 amide bonds. The van der Waals surface area contributed by atoms with Crippen molar-refractivity contribution in [2.45, 2.75) is 43.4 Å². The average Bonchev–Trinajstić information content (AvgIpc) is 3.22. The highest BCUT2D eigenvalue weighted by Crippen LogP contribution is 2.41. The van der Waals surface area contributed by atoms with Gasteiger partial charge in [0.25, 0.3) is 5.91 Å². The summed E-state index contributed by atoms with van der Waals surface area (Å²) < 4.78 is 1.79. The summed E-state index contributed by atoms with van der Waals surface area (Å²) in [5.74, 6) is 0.447. The minimum absolute atomic E-state index is 0.0605.